The summed E-state index contributed by atoms with van der Waals surface area (Å²) in [5.41, 5.74) is 2.73. The van der Waals surface area contributed by atoms with E-state index >= 15 is 0 Å². The lowest BCUT2D eigenvalue weighted by Gasteiger charge is -2.26. The van der Waals surface area contributed by atoms with E-state index in [2.05, 4.69) is 18.7 Å². The third-order valence-corrected chi connectivity index (χ3v) is 2.86. The number of ether oxygens (including phenoxy) is 1. The summed E-state index contributed by atoms with van der Waals surface area (Å²) in [6.07, 6.45) is 0.891. The molecule has 0 aliphatic rings. The van der Waals surface area contributed by atoms with Crippen LogP contribution < -0.4 is 9.64 Å². The lowest BCUT2D eigenvalue weighted by Crippen LogP contribution is -2.23. The van der Waals surface area contributed by atoms with E-state index in [1.54, 1.807) is 13.2 Å². The number of aldehydes is 1. The number of anilines is 1. The van der Waals surface area contributed by atoms with Gasteiger partial charge in [-0.3, -0.25) is 4.79 Å². The zero-order valence-corrected chi connectivity index (χ0v) is 10.4. The Morgan fingerprint density at radius 3 is 2.38 bits per heavy atom. The van der Waals surface area contributed by atoms with E-state index in [0.717, 1.165) is 41.9 Å². The van der Waals surface area contributed by atoms with Crippen LogP contribution in [0, 0.1) is 6.92 Å². The Kier molecular flexibility index (Phi) is 4.35. The minimum Gasteiger partial charge on any atom is -0.495 e. The van der Waals surface area contributed by atoms with Crippen molar-refractivity contribution in [1.29, 1.82) is 0 Å². The summed E-state index contributed by atoms with van der Waals surface area (Å²) >= 11 is 0. The highest BCUT2D eigenvalue weighted by molar-refractivity contribution is 5.83. The maximum absolute atomic E-state index is 10.9. The highest BCUT2D eigenvalue weighted by Crippen LogP contribution is 2.33. The molecule has 0 amide bonds. The molecule has 0 atom stereocenters. The van der Waals surface area contributed by atoms with Crippen LogP contribution >= 0.6 is 0 Å². The predicted molar refractivity (Wildman–Crippen MR) is 66.7 cm³/mol. The van der Waals surface area contributed by atoms with E-state index in [1.165, 1.54) is 0 Å². The Bertz CT molecular complexity index is 370. The van der Waals surface area contributed by atoms with Gasteiger partial charge in [0.25, 0.3) is 0 Å². The van der Waals surface area contributed by atoms with Crippen LogP contribution in [0.1, 0.15) is 29.8 Å². The third-order valence-electron chi connectivity index (χ3n) is 2.86. The van der Waals surface area contributed by atoms with Crippen LogP contribution in [0.2, 0.25) is 0 Å². The molecule has 0 bridgehead atoms. The Morgan fingerprint density at radius 1 is 1.31 bits per heavy atom. The number of hydrogen-bond donors (Lipinski definition) is 0. The summed E-state index contributed by atoms with van der Waals surface area (Å²) in [6.45, 7) is 7.94. The van der Waals surface area contributed by atoms with E-state index < -0.39 is 0 Å². The van der Waals surface area contributed by atoms with Crippen molar-refractivity contribution in [2.45, 2.75) is 20.8 Å². The summed E-state index contributed by atoms with van der Waals surface area (Å²) in [7, 11) is 1.66. The van der Waals surface area contributed by atoms with Gasteiger partial charge in [0.1, 0.15) is 12.0 Å². The third kappa shape index (κ3) is 2.18. The first-order valence-electron chi connectivity index (χ1n) is 5.57. The number of hydrogen-bond acceptors (Lipinski definition) is 3. The Morgan fingerprint density at radius 2 is 1.94 bits per heavy atom. The summed E-state index contributed by atoms with van der Waals surface area (Å²) < 4.78 is 5.35. The van der Waals surface area contributed by atoms with Gasteiger partial charge in [0.15, 0.2) is 0 Å². The lowest BCUT2D eigenvalue weighted by molar-refractivity contribution is 0.112. The van der Waals surface area contributed by atoms with Crippen molar-refractivity contribution in [2.75, 3.05) is 25.1 Å². The van der Waals surface area contributed by atoms with Crippen LogP contribution in [0.4, 0.5) is 5.69 Å². The van der Waals surface area contributed by atoms with Crippen LogP contribution in [0.25, 0.3) is 0 Å². The van der Waals surface area contributed by atoms with Crippen molar-refractivity contribution in [3.8, 4) is 5.75 Å². The van der Waals surface area contributed by atoms with Gasteiger partial charge in [0.05, 0.1) is 12.8 Å². The van der Waals surface area contributed by atoms with E-state index in [4.69, 9.17) is 4.74 Å². The van der Waals surface area contributed by atoms with Crippen LogP contribution in [-0.4, -0.2) is 26.5 Å². The molecule has 0 aliphatic carbocycles. The van der Waals surface area contributed by atoms with Gasteiger partial charge in [0, 0.05) is 18.7 Å². The molecule has 3 heteroatoms. The van der Waals surface area contributed by atoms with Gasteiger partial charge in [-0.1, -0.05) is 0 Å². The minimum absolute atomic E-state index is 0.725. The number of carbonyl (C=O) groups is 1. The first-order chi connectivity index (χ1) is 7.69. The molecule has 0 radical (unpaired) electrons. The Balaban J connectivity index is 3.35. The molecule has 1 aromatic carbocycles. The number of benzene rings is 1. The van der Waals surface area contributed by atoms with Crippen molar-refractivity contribution < 1.29 is 9.53 Å². The van der Waals surface area contributed by atoms with E-state index in [1.807, 2.05) is 13.0 Å². The maximum atomic E-state index is 10.9. The average Bonchev–Trinajstić information content (AvgIpc) is 2.32. The molecule has 1 aromatic rings. The van der Waals surface area contributed by atoms with Crippen LogP contribution in [0.3, 0.4) is 0 Å². The molecule has 0 saturated carbocycles. The van der Waals surface area contributed by atoms with Gasteiger partial charge < -0.3 is 9.64 Å². The minimum atomic E-state index is 0.725. The zero-order valence-electron chi connectivity index (χ0n) is 10.4. The molecule has 0 aromatic heterocycles. The average molecular weight is 221 g/mol. The van der Waals surface area contributed by atoms with Gasteiger partial charge in [-0.2, -0.15) is 0 Å². The topological polar surface area (TPSA) is 29.5 Å². The summed E-state index contributed by atoms with van der Waals surface area (Å²) in [5, 5.41) is 0. The second kappa shape index (κ2) is 5.54. The molecule has 0 unspecified atom stereocenters. The highest BCUT2D eigenvalue weighted by Gasteiger charge is 2.14. The summed E-state index contributed by atoms with van der Waals surface area (Å²) in [6, 6.07) is 3.65. The molecule has 0 saturated heterocycles. The Labute approximate surface area is 97.0 Å². The van der Waals surface area contributed by atoms with Gasteiger partial charge in [0.2, 0.25) is 0 Å². The maximum Gasteiger partial charge on any atom is 0.150 e. The molecule has 0 spiro atoms. The number of carbonyl (C=O) groups excluding carboxylic acids is 1. The number of rotatable bonds is 5. The number of nitrogens with zero attached hydrogens (tertiary/aromatic N) is 1. The largest absolute Gasteiger partial charge is 0.495 e. The monoisotopic (exact) mass is 221 g/mol. The molecule has 0 fully saturated rings. The van der Waals surface area contributed by atoms with Crippen LogP contribution in [0.5, 0.6) is 5.75 Å². The highest BCUT2D eigenvalue weighted by atomic mass is 16.5. The fourth-order valence-corrected chi connectivity index (χ4v) is 1.92. The van der Waals surface area contributed by atoms with Gasteiger partial charge in [-0.25, -0.2) is 0 Å². The molecular weight excluding hydrogens is 202 g/mol. The molecule has 0 N–H and O–H groups in total. The van der Waals surface area contributed by atoms with Crippen molar-refractivity contribution >= 4 is 12.0 Å². The molecule has 0 aliphatic heterocycles. The standard InChI is InChI=1S/C13H19NO2/c1-5-14(6-2)13-10(3)11(9-15)7-8-12(13)16-4/h7-9H,5-6H2,1-4H3. The molecule has 16 heavy (non-hydrogen) atoms. The molecule has 0 heterocycles. The molecule has 1 rings (SSSR count). The molecular formula is C13H19NO2. The second-order valence-electron chi connectivity index (χ2n) is 3.62. The fourth-order valence-electron chi connectivity index (χ4n) is 1.92. The fraction of sp³-hybridized carbons (Fsp3) is 0.462. The van der Waals surface area contributed by atoms with Gasteiger partial charge >= 0.3 is 0 Å². The first-order valence-corrected chi connectivity index (χ1v) is 5.57. The van der Waals surface area contributed by atoms with E-state index in [9.17, 15) is 4.79 Å². The van der Waals surface area contributed by atoms with Crippen molar-refractivity contribution in [3.63, 3.8) is 0 Å². The second-order valence-corrected chi connectivity index (χ2v) is 3.62. The SMILES string of the molecule is CCN(CC)c1c(OC)ccc(C=O)c1C. The van der Waals surface area contributed by atoms with E-state index in [-0.39, 0.29) is 0 Å². The van der Waals surface area contributed by atoms with Crippen molar-refractivity contribution in [1.82, 2.24) is 0 Å². The summed E-state index contributed by atoms with van der Waals surface area (Å²) in [4.78, 5) is 13.1. The smallest absolute Gasteiger partial charge is 0.150 e. The normalized spacial score (nSPS) is 10.0. The van der Waals surface area contributed by atoms with Crippen molar-refractivity contribution in [3.05, 3.63) is 23.3 Å². The van der Waals surface area contributed by atoms with Gasteiger partial charge in [-0.05, 0) is 38.5 Å². The van der Waals surface area contributed by atoms with Crippen LogP contribution in [0.15, 0.2) is 12.1 Å². The lowest BCUT2D eigenvalue weighted by atomic mass is 10.1. The zero-order chi connectivity index (χ0) is 12.1. The molecule has 3 nitrogen and oxygen atoms in total. The van der Waals surface area contributed by atoms with Crippen LogP contribution in [-0.2, 0) is 0 Å². The summed E-state index contributed by atoms with van der Waals surface area (Å²) in [5.74, 6) is 0.826. The van der Waals surface area contributed by atoms with E-state index in [0.29, 0.717) is 0 Å². The first kappa shape index (κ1) is 12.6. The predicted octanol–water partition coefficient (Wildman–Crippen LogP) is 2.66. The quantitative estimate of drug-likeness (QED) is 0.716. The van der Waals surface area contributed by atoms with Crippen molar-refractivity contribution in [2.24, 2.45) is 0 Å². The molecule has 88 valence electrons. The van der Waals surface area contributed by atoms with Gasteiger partial charge in [-0.15, -0.1) is 0 Å². The Hall–Kier alpha value is -1.51. The number of methoxy groups -OCH3 is 1.